The van der Waals surface area contributed by atoms with Crippen LogP contribution in [-0.4, -0.2) is 12.3 Å². The highest BCUT2D eigenvalue weighted by Gasteiger charge is 2.59. The Morgan fingerprint density at radius 2 is 1.04 bits per heavy atom. The normalized spacial score (nSPS) is 22.3. The molecule has 418 valence electrons. The number of aryl methyl sites for hydroxylation is 1. The number of fused-ring (bicyclic) bond motifs is 16. The minimum Gasteiger partial charge on any atom is -0.334 e. The maximum Gasteiger partial charge on any atom is 0.252 e. The molecule has 2 atom stereocenters. The molecule has 0 saturated heterocycles. The molecule has 1 saturated carbocycles. The van der Waals surface area contributed by atoms with E-state index in [2.05, 4.69) is 245 Å². The zero-order valence-corrected chi connectivity index (χ0v) is 53.2. The van der Waals surface area contributed by atoms with Crippen LogP contribution in [0.1, 0.15) is 180 Å². The molecule has 6 aliphatic rings. The summed E-state index contributed by atoms with van der Waals surface area (Å²) in [6.07, 6.45) is 9.43. The lowest BCUT2D eigenvalue weighted by Gasteiger charge is -2.51. The second kappa shape index (κ2) is 17.0. The number of rotatable bonds is 3. The van der Waals surface area contributed by atoms with Crippen molar-refractivity contribution in [1.29, 1.82) is 0 Å². The van der Waals surface area contributed by atoms with Crippen molar-refractivity contribution >= 4 is 132 Å². The van der Waals surface area contributed by atoms with E-state index in [9.17, 15) is 0 Å². The summed E-state index contributed by atoms with van der Waals surface area (Å²) in [6, 6.07) is 54.5. The Labute approximate surface area is 501 Å². The van der Waals surface area contributed by atoms with Gasteiger partial charge in [-0.25, -0.2) is 0 Å². The fourth-order valence-electron chi connectivity index (χ4n) is 17.4. The van der Waals surface area contributed by atoms with Gasteiger partial charge in [0.25, 0.3) is 6.71 Å². The molecule has 5 heterocycles. The van der Waals surface area contributed by atoms with Gasteiger partial charge in [-0.15, -0.1) is 22.7 Å². The Bertz CT molecular complexity index is 4480. The predicted octanol–water partition coefficient (Wildman–Crippen LogP) is 20.6. The third-order valence-corrected chi connectivity index (χ3v) is 25.1. The first-order chi connectivity index (χ1) is 39.4. The first-order valence-corrected chi connectivity index (χ1v) is 33.0. The molecule has 3 aliphatic carbocycles. The second-order valence-electron chi connectivity index (χ2n) is 30.5. The number of nitrogens with zero attached hydrogens (tertiary/aromatic N) is 3. The van der Waals surface area contributed by atoms with Crippen molar-refractivity contribution in [2.75, 3.05) is 14.7 Å². The molecule has 3 nitrogen and oxygen atoms in total. The lowest BCUT2D eigenvalue weighted by Crippen LogP contribution is -2.62. The third kappa shape index (κ3) is 7.03. The van der Waals surface area contributed by atoms with Gasteiger partial charge in [-0.3, -0.25) is 0 Å². The Kier molecular flexibility index (Phi) is 10.7. The van der Waals surface area contributed by atoms with Crippen LogP contribution in [0.25, 0.3) is 40.3 Å². The molecular formula is C77H80BN3S2. The number of benzene rings is 8. The Morgan fingerprint density at radius 3 is 1.72 bits per heavy atom. The van der Waals surface area contributed by atoms with Gasteiger partial charge >= 0.3 is 0 Å². The van der Waals surface area contributed by atoms with E-state index in [4.69, 9.17) is 0 Å². The van der Waals surface area contributed by atoms with Crippen LogP contribution < -0.4 is 31.1 Å². The molecular weight excluding hydrogens is 1040 g/mol. The Hall–Kier alpha value is -6.34. The predicted molar refractivity (Wildman–Crippen MR) is 363 cm³/mol. The van der Waals surface area contributed by atoms with Gasteiger partial charge in [0.1, 0.15) is 0 Å². The SMILES string of the molecule is Cc1cc2c(cc1N1c3cc(N4c5ccc(C(C)(C)C)cc5C5(C)CCCCC45C)cc4c3B(c3cc5c(cc3N4c3cccc4sc6ccccc6c34)C(C)(C)CCC5(C)C)c3ccc4c(sc5ccccc54)c31)C(C)(C)CCC2(C)C. The maximum atomic E-state index is 2.89. The number of hydrogen-bond donors (Lipinski definition) is 0. The molecule has 0 N–H and O–H groups in total. The first kappa shape index (κ1) is 52.2. The van der Waals surface area contributed by atoms with Crippen molar-refractivity contribution in [3.8, 4) is 0 Å². The molecule has 0 bridgehead atoms. The van der Waals surface area contributed by atoms with Gasteiger partial charge < -0.3 is 14.7 Å². The number of anilines is 8. The van der Waals surface area contributed by atoms with Crippen molar-refractivity contribution in [2.24, 2.45) is 0 Å². The van der Waals surface area contributed by atoms with Gasteiger partial charge in [-0.2, -0.15) is 0 Å². The van der Waals surface area contributed by atoms with E-state index in [0.717, 1.165) is 25.7 Å². The van der Waals surface area contributed by atoms with Gasteiger partial charge in [-0.05, 0) is 189 Å². The summed E-state index contributed by atoms with van der Waals surface area (Å²) in [4.78, 5) is 8.55. The van der Waals surface area contributed by atoms with Crippen molar-refractivity contribution in [2.45, 2.75) is 186 Å². The fraction of sp³-hybridized carbons (Fsp3) is 0.377. The van der Waals surface area contributed by atoms with Crippen molar-refractivity contribution in [3.63, 3.8) is 0 Å². The monoisotopic (exact) mass is 1120 g/mol. The van der Waals surface area contributed by atoms with Crippen LogP contribution in [0.15, 0.2) is 133 Å². The number of hydrogen-bond acceptors (Lipinski definition) is 5. The first-order valence-electron chi connectivity index (χ1n) is 31.3. The summed E-state index contributed by atoms with van der Waals surface area (Å²) in [5.74, 6) is 0. The van der Waals surface area contributed by atoms with Gasteiger partial charge in [0.2, 0.25) is 0 Å². The van der Waals surface area contributed by atoms with Crippen LogP contribution >= 0.6 is 22.7 Å². The van der Waals surface area contributed by atoms with Crippen molar-refractivity contribution in [1.82, 2.24) is 0 Å². The van der Waals surface area contributed by atoms with Crippen LogP contribution in [0.3, 0.4) is 0 Å². The lowest BCUT2D eigenvalue weighted by atomic mass is 9.33. The van der Waals surface area contributed by atoms with Gasteiger partial charge in [0.05, 0.1) is 21.6 Å². The molecule has 6 heteroatoms. The largest absolute Gasteiger partial charge is 0.334 e. The van der Waals surface area contributed by atoms with E-state index in [1.807, 2.05) is 22.7 Å². The third-order valence-electron chi connectivity index (χ3n) is 22.8. The molecule has 0 spiro atoms. The fourth-order valence-corrected chi connectivity index (χ4v) is 19.8. The van der Waals surface area contributed by atoms with E-state index >= 15 is 0 Å². The van der Waals surface area contributed by atoms with Crippen LogP contribution in [-0.2, 0) is 32.5 Å². The average Bonchev–Trinajstić information content (AvgIpc) is 1.71. The number of thiophene rings is 2. The Morgan fingerprint density at radius 1 is 0.446 bits per heavy atom. The molecule has 2 unspecified atom stereocenters. The summed E-state index contributed by atoms with van der Waals surface area (Å²) in [6.45, 7) is 34.9. The molecule has 2 aromatic heterocycles. The zero-order valence-electron chi connectivity index (χ0n) is 51.6. The van der Waals surface area contributed by atoms with Crippen LogP contribution in [0.2, 0.25) is 0 Å². The molecule has 3 aliphatic heterocycles. The minimum atomic E-state index is -0.173. The summed E-state index contributed by atoms with van der Waals surface area (Å²) >= 11 is 3.93. The van der Waals surface area contributed by atoms with E-state index in [1.165, 1.54) is 167 Å². The van der Waals surface area contributed by atoms with Crippen molar-refractivity contribution < 1.29 is 0 Å². The van der Waals surface area contributed by atoms with E-state index in [1.54, 1.807) is 0 Å². The lowest BCUT2D eigenvalue weighted by molar-refractivity contribution is 0.195. The van der Waals surface area contributed by atoms with Crippen LogP contribution in [0.4, 0.5) is 45.5 Å². The summed E-state index contributed by atoms with van der Waals surface area (Å²) in [7, 11) is 0. The highest BCUT2D eigenvalue weighted by molar-refractivity contribution is 7.27. The topological polar surface area (TPSA) is 9.72 Å². The van der Waals surface area contributed by atoms with Crippen LogP contribution in [0.5, 0.6) is 0 Å². The van der Waals surface area contributed by atoms with Gasteiger partial charge in [0, 0.05) is 75.2 Å². The summed E-state index contributed by atoms with van der Waals surface area (Å²) in [5, 5.41) is 5.37. The van der Waals surface area contributed by atoms with Crippen LogP contribution in [0, 0.1) is 6.92 Å². The summed E-state index contributed by atoms with van der Waals surface area (Å²) in [5.41, 5.74) is 25.0. The van der Waals surface area contributed by atoms with Crippen molar-refractivity contribution in [3.05, 3.63) is 172 Å². The second-order valence-corrected chi connectivity index (χ2v) is 32.7. The zero-order chi connectivity index (χ0) is 57.4. The highest BCUT2D eigenvalue weighted by atomic mass is 32.1. The van der Waals surface area contributed by atoms with Gasteiger partial charge in [-0.1, -0.05) is 175 Å². The molecule has 16 rings (SSSR count). The van der Waals surface area contributed by atoms with E-state index < -0.39 is 0 Å². The van der Waals surface area contributed by atoms with Gasteiger partial charge in [0.15, 0.2) is 0 Å². The Balaban J connectivity index is 1.10. The summed E-state index contributed by atoms with van der Waals surface area (Å²) < 4.78 is 5.39. The van der Waals surface area contributed by atoms with E-state index in [0.29, 0.717) is 0 Å². The minimum absolute atomic E-state index is 0.00194. The molecule has 8 aromatic carbocycles. The molecule has 0 radical (unpaired) electrons. The standard InChI is InChI=1S/C77H80BN3S2/c1-45-38-51-53(74(9,10)36-34-72(51,5)6)43-60(45)80-63-41-47(81-58-31-28-46(71(2,3)4)39-55(58)76(13)32-19-20-33-77(76,81)14)40-62-68(63)78(56-30-29-49-48-22-15-17-25-64(48)83-70(49)69(56)80)57-42-52-54(75(11,12)37-35-73(52,7)8)44-61(57)79(62)59-24-21-27-66-67(59)50-23-16-18-26-65(50)82-66/h15-18,21-31,38-44H,19-20,32-37H2,1-14H3. The maximum absolute atomic E-state index is 2.89. The average molecular weight is 1120 g/mol. The highest BCUT2D eigenvalue weighted by Crippen LogP contribution is 2.63. The molecule has 0 amide bonds. The molecule has 1 fully saturated rings. The smallest absolute Gasteiger partial charge is 0.252 e. The molecule has 83 heavy (non-hydrogen) atoms. The molecule has 10 aromatic rings. The quantitative estimate of drug-likeness (QED) is 0.163. The van der Waals surface area contributed by atoms with E-state index in [-0.39, 0.29) is 44.7 Å².